The van der Waals surface area contributed by atoms with Gasteiger partial charge in [-0.1, -0.05) is 30.0 Å². The highest BCUT2D eigenvalue weighted by molar-refractivity contribution is 8.15. The number of carbonyl (C=O) groups excluding carboxylic acids is 1. The van der Waals surface area contributed by atoms with E-state index >= 15 is 0 Å². The fraction of sp³-hybridized carbons (Fsp3) is 0.333. The van der Waals surface area contributed by atoms with Crippen molar-refractivity contribution in [2.24, 2.45) is 4.99 Å². The Labute approximate surface area is 187 Å². The molecule has 2 heterocycles. The van der Waals surface area contributed by atoms with Crippen LogP contribution in [-0.2, 0) is 20.8 Å². The van der Waals surface area contributed by atoms with Crippen LogP contribution in [0.25, 0.3) is 0 Å². The minimum atomic E-state index is -4.51. The van der Waals surface area contributed by atoms with Crippen molar-refractivity contribution < 1.29 is 26.4 Å². The molecule has 2 aromatic rings. The number of aliphatic imine (C=N–C) groups is 1. The summed E-state index contributed by atoms with van der Waals surface area (Å²) in [5, 5.41) is 2.84. The molecule has 0 saturated carbocycles. The van der Waals surface area contributed by atoms with Crippen LogP contribution < -0.4 is 10.2 Å². The van der Waals surface area contributed by atoms with Crippen molar-refractivity contribution in [3.8, 4) is 0 Å². The van der Waals surface area contributed by atoms with Crippen LogP contribution in [0.5, 0.6) is 0 Å². The molecule has 4 rings (SSSR count). The zero-order valence-electron chi connectivity index (χ0n) is 17.0. The summed E-state index contributed by atoms with van der Waals surface area (Å²) in [6, 6.07) is 11.5. The summed E-state index contributed by atoms with van der Waals surface area (Å²) in [5.74, 6) is -0.501. The van der Waals surface area contributed by atoms with Gasteiger partial charge in [0.25, 0.3) is 0 Å². The lowest BCUT2D eigenvalue weighted by Gasteiger charge is -2.24. The van der Waals surface area contributed by atoms with Crippen molar-refractivity contribution in [3.05, 3.63) is 59.7 Å². The van der Waals surface area contributed by atoms with Crippen LogP contribution in [-0.4, -0.2) is 48.8 Å². The van der Waals surface area contributed by atoms with Crippen molar-refractivity contribution >= 4 is 44.0 Å². The Morgan fingerprint density at radius 2 is 1.94 bits per heavy atom. The SMILES string of the molecule is Cc1cccc(N(CC(=O)Nc2cccc(C(F)(F)F)c2)C2=N[C@@H]3CS(=O)(=O)C[C@H]3S2)c1. The summed E-state index contributed by atoms with van der Waals surface area (Å²) in [4.78, 5) is 19.0. The standard InChI is InChI=1S/C21H20F3N3O3S2/c1-13-4-2-7-16(8-13)27(20-26-17-11-32(29,30)12-18(17)31-20)10-19(28)25-15-6-3-5-14(9-15)21(22,23)24/h2-9,17-18H,10-12H2,1H3,(H,25,28)/t17-,18-/m1/s1. The number of carbonyl (C=O) groups is 1. The number of halogens is 3. The lowest BCUT2D eigenvalue weighted by molar-refractivity contribution is -0.137. The molecule has 1 saturated heterocycles. The molecule has 0 radical (unpaired) electrons. The molecule has 0 spiro atoms. The highest BCUT2D eigenvalue weighted by atomic mass is 32.2. The summed E-state index contributed by atoms with van der Waals surface area (Å²) in [7, 11) is -3.12. The number of benzene rings is 2. The van der Waals surface area contributed by atoms with Gasteiger partial charge in [0.2, 0.25) is 5.91 Å². The maximum absolute atomic E-state index is 13.0. The molecule has 0 bridgehead atoms. The van der Waals surface area contributed by atoms with Gasteiger partial charge in [-0.05, 0) is 42.8 Å². The summed E-state index contributed by atoms with van der Waals surface area (Å²) >= 11 is 1.31. The maximum Gasteiger partial charge on any atom is 0.416 e. The van der Waals surface area contributed by atoms with Crippen LogP contribution in [0.2, 0.25) is 0 Å². The van der Waals surface area contributed by atoms with E-state index in [1.165, 1.54) is 23.9 Å². The van der Waals surface area contributed by atoms with Crippen molar-refractivity contribution in [1.82, 2.24) is 0 Å². The van der Waals surface area contributed by atoms with Crippen molar-refractivity contribution in [3.63, 3.8) is 0 Å². The smallest absolute Gasteiger partial charge is 0.325 e. The minimum absolute atomic E-state index is 0.0216. The molecule has 1 amide bonds. The Hall–Kier alpha value is -2.53. The molecule has 2 aliphatic heterocycles. The van der Waals surface area contributed by atoms with E-state index in [4.69, 9.17) is 0 Å². The van der Waals surface area contributed by atoms with Gasteiger partial charge in [-0.15, -0.1) is 0 Å². The van der Waals surface area contributed by atoms with Gasteiger partial charge < -0.3 is 10.2 Å². The molecular formula is C21H20F3N3O3S2. The number of hydrogen-bond donors (Lipinski definition) is 1. The van der Waals surface area contributed by atoms with E-state index in [1.54, 1.807) is 11.0 Å². The average Bonchev–Trinajstić information content (AvgIpc) is 3.19. The first-order chi connectivity index (χ1) is 15.0. The van der Waals surface area contributed by atoms with Gasteiger partial charge >= 0.3 is 6.18 Å². The summed E-state index contributed by atoms with van der Waals surface area (Å²) in [6.45, 7) is 1.72. The van der Waals surface area contributed by atoms with Crippen molar-refractivity contribution in [2.75, 3.05) is 28.3 Å². The van der Waals surface area contributed by atoms with Gasteiger partial charge in [0, 0.05) is 16.6 Å². The highest BCUT2D eigenvalue weighted by Gasteiger charge is 2.44. The second-order valence-electron chi connectivity index (χ2n) is 7.76. The lowest BCUT2D eigenvalue weighted by Crippen LogP contribution is -2.36. The van der Waals surface area contributed by atoms with E-state index in [-0.39, 0.29) is 35.0 Å². The number of anilines is 2. The second-order valence-corrected chi connectivity index (χ2v) is 11.1. The highest BCUT2D eigenvalue weighted by Crippen LogP contribution is 2.37. The summed E-state index contributed by atoms with van der Waals surface area (Å²) in [5.41, 5.74) is 0.837. The molecule has 32 heavy (non-hydrogen) atoms. The summed E-state index contributed by atoms with van der Waals surface area (Å²) < 4.78 is 62.6. The monoisotopic (exact) mass is 483 g/mol. The average molecular weight is 484 g/mol. The Morgan fingerprint density at radius 1 is 1.19 bits per heavy atom. The van der Waals surface area contributed by atoms with Crippen LogP contribution in [0.1, 0.15) is 11.1 Å². The second kappa shape index (κ2) is 8.43. The van der Waals surface area contributed by atoms with E-state index in [0.717, 1.165) is 17.7 Å². The number of amides is 1. The molecular weight excluding hydrogens is 463 g/mol. The first kappa shape index (κ1) is 22.7. The zero-order valence-corrected chi connectivity index (χ0v) is 18.6. The number of amidine groups is 1. The fourth-order valence-electron chi connectivity index (χ4n) is 3.65. The van der Waals surface area contributed by atoms with E-state index in [1.807, 2.05) is 25.1 Å². The predicted octanol–water partition coefficient (Wildman–Crippen LogP) is 3.73. The van der Waals surface area contributed by atoms with Crippen LogP contribution >= 0.6 is 11.8 Å². The third-order valence-electron chi connectivity index (χ3n) is 5.12. The number of thioether (sulfide) groups is 1. The molecule has 1 fully saturated rings. The molecule has 1 N–H and O–H groups in total. The van der Waals surface area contributed by atoms with Gasteiger partial charge in [-0.3, -0.25) is 9.79 Å². The molecule has 11 heteroatoms. The maximum atomic E-state index is 13.0. The first-order valence-corrected chi connectivity index (χ1v) is 12.5. The van der Waals surface area contributed by atoms with Crippen LogP contribution in [0, 0.1) is 6.92 Å². The van der Waals surface area contributed by atoms with Gasteiger partial charge in [0.05, 0.1) is 23.1 Å². The minimum Gasteiger partial charge on any atom is -0.325 e. The van der Waals surface area contributed by atoms with Crippen LogP contribution in [0.15, 0.2) is 53.5 Å². The number of sulfone groups is 1. The Bertz CT molecular complexity index is 1180. The number of fused-ring (bicyclic) bond motifs is 1. The topological polar surface area (TPSA) is 78.8 Å². The fourth-order valence-corrected chi connectivity index (χ4v) is 7.43. The number of nitrogens with one attached hydrogen (secondary N) is 1. The molecule has 6 nitrogen and oxygen atoms in total. The van der Waals surface area contributed by atoms with E-state index in [2.05, 4.69) is 10.3 Å². The van der Waals surface area contributed by atoms with Gasteiger partial charge in [-0.2, -0.15) is 13.2 Å². The molecule has 2 atom stereocenters. The number of aryl methyl sites for hydroxylation is 1. The number of rotatable bonds is 4. The lowest BCUT2D eigenvalue weighted by atomic mass is 10.2. The summed E-state index contributed by atoms with van der Waals surface area (Å²) in [6.07, 6.45) is -4.51. The number of nitrogens with zero attached hydrogens (tertiary/aromatic N) is 2. The van der Waals surface area contributed by atoms with E-state index in [9.17, 15) is 26.4 Å². The molecule has 2 aliphatic rings. The Balaban J connectivity index is 1.56. The Morgan fingerprint density at radius 3 is 2.62 bits per heavy atom. The van der Waals surface area contributed by atoms with Gasteiger partial charge in [0.15, 0.2) is 15.0 Å². The third-order valence-corrected chi connectivity index (χ3v) is 8.37. The van der Waals surface area contributed by atoms with Crippen LogP contribution in [0.3, 0.4) is 0 Å². The zero-order chi connectivity index (χ0) is 23.1. The number of alkyl halides is 3. The van der Waals surface area contributed by atoms with Gasteiger partial charge in [-0.25, -0.2) is 8.42 Å². The quantitative estimate of drug-likeness (QED) is 0.717. The normalized spacial score (nSPS) is 21.7. The predicted molar refractivity (Wildman–Crippen MR) is 120 cm³/mol. The Kier molecular flexibility index (Phi) is 5.97. The van der Waals surface area contributed by atoms with Crippen molar-refractivity contribution in [2.45, 2.75) is 24.4 Å². The third kappa shape index (κ3) is 5.09. The van der Waals surface area contributed by atoms with E-state index in [0.29, 0.717) is 10.9 Å². The molecule has 0 unspecified atom stereocenters. The number of hydrogen-bond acceptors (Lipinski definition) is 6. The van der Waals surface area contributed by atoms with Crippen LogP contribution in [0.4, 0.5) is 24.5 Å². The van der Waals surface area contributed by atoms with Crippen molar-refractivity contribution in [1.29, 1.82) is 0 Å². The van der Waals surface area contributed by atoms with E-state index < -0.39 is 27.5 Å². The molecule has 0 aromatic heterocycles. The largest absolute Gasteiger partial charge is 0.416 e. The molecule has 2 aromatic carbocycles. The molecule has 0 aliphatic carbocycles. The first-order valence-electron chi connectivity index (χ1n) is 9.76. The molecule has 170 valence electrons. The van der Waals surface area contributed by atoms with Gasteiger partial charge in [0.1, 0.15) is 6.54 Å².